The van der Waals surface area contributed by atoms with Gasteiger partial charge in [0.25, 0.3) is 0 Å². The molecule has 0 saturated heterocycles. The van der Waals surface area contributed by atoms with Crippen LogP contribution in [0.5, 0.6) is 0 Å². The molecule has 0 saturated carbocycles. The first-order chi connectivity index (χ1) is 8.63. The van der Waals surface area contributed by atoms with E-state index in [2.05, 4.69) is 10.3 Å². The maximum Gasteiger partial charge on any atom is 0.345 e. The van der Waals surface area contributed by atoms with Crippen LogP contribution in [-0.4, -0.2) is 16.0 Å². The Morgan fingerprint density at radius 1 is 1.17 bits per heavy atom. The number of carbonyl (C=O) groups is 1. The number of pyridine rings is 1. The molecule has 0 fully saturated rings. The molecule has 0 atom stereocenters. The van der Waals surface area contributed by atoms with E-state index in [4.69, 9.17) is 16.8 Å². The van der Waals surface area contributed by atoms with Crippen molar-refractivity contribution in [1.29, 1.82) is 0 Å². The van der Waals surface area contributed by atoms with E-state index in [0.717, 1.165) is 4.73 Å². The predicted octanol–water partition coefficient (Wildman–Crippen LogP) is 2.51. The van der Waals surface area contributed by atoms with Crippen LogP contribution in [-0.2, 0) is 0 Å². The summed E-state index contributed by atoms with van der Waals surface area (Å²) in [5.41, 5.74) is 0.612. The van der Waals surface area contributed by atoms with Crippen LogP contribution in [0, 0.1) is 0 Å². The second-order valence-electron chi connectivity index (χ2n) is 3.49. The monoisotopic (exact) mass is 263 g/mol. The Balaban J connectivity index is 2.11. The highest BCUT2D eigenvalue weighted by Crippen LogP contribution is 2.13. The number of hydrogen-bond acceptors (Lipinski definition) is 2. The van der Waals surface area contributed by atoms with Crippen LogP contribution >= 0.6 is 11.6 Å². The number of rotatable bonds is 1. The Bertz CT molecular complexity index is 599. The molecule has 2 N–H and O–H groups in total. The van der Waals surface area contributed by atoms with Gasteiger partial charge < -0.3 is 10.5 Å². The fourth-order valence-electron chi connectivity index (χ4n) is 1.29. The molecule has 0 aliphatic heterocycles. The zero-order valence-corrected chi connectivity index (χ0v) is 10.0. The summed E-state index contributed by atoms with van der Waals surface area (Å²) in [5.74, 6) is 0. The smallest absolute Gasteiger partial charge is 0.345 e. The van der Waals surface area contributed by atoms with Gasteiger partial charge in [-0.2, -0.15) is 4.99 Å². The van der Waals surface area contributed by atoms with Crippen molar-refractivity contribution < 1.29 is 10.0 Å². The summed E-state index contributed by atoms with van der Waals surface area (Å²) in [6, 6.07) is 9.25. The van der Waals surface area contributed by atoms with Crippen molar-refractivity contribution >= 4 is 23.3 Å². The van der Waals surface area contributed by atoms with E-state index in [-0.39, 0.29) is 0 Å². The number of urea groups is 1. The second kappa shape index (κ2) is 5.37. The molecule has 0 aliphatic carbocycles. The Hall–Kier alpha value is -2.27. The molecule has 0 spiro atoms. The van der Waals surface area contributed by atoms with Gasteiger partial charge in [0.15, 0.2) is 0 Å². The lowest BCUT2D eigenvalue weighted by Crippen LogP contribution is -2.12. The van der Waals surface area contributed by atoms with Gasteiger partial charge in [0, 0.05) is 23.1 Å². The van der Waals surface area contributed by atoms with Crippen molar-refractivity contribution in [2.75, 3.05) is 5.32 Å². The van der Waals surface area contributed by atoms with Gasteiger partial charge in [-0.25, -0.2) is 9.52 Å². The number of benzene rings is 1. The summed E-state index contributed by atoms with van der Waals surface area (Å²) >= 11 is 5.73. The zero-order valence-electron chi connectivity index (χ0n) is 9.25. The standard InChI is InChI=1S/C12H10ClN3O2/c13-9-1-3-10(4-2-9)14-12(17)15-11-5-7-16(18)8-6-11/h1-8,18H,(H,14,17). The minimum atomic E-state index is -0.493. The molecule has 0 bridgehead atoms. The third-order valence-corrected chi connectivity index (χ3v) is 2.37. The third-order valence-electron chi connectivity index (χ3n) is 2.12. The molecule has 1 aromatic carbocycles. The first-order valence-corrected chi connectivity index (χ1v) is 5.50. The Labute approximate surface area is 108 Å². The number of nitrogens with one attached hydrogen (secondary N) is 1. The molecular weight excluding hydrogens is 254 g/mol. The number of carbonyl (C=O) groups excluding carboxylic acids is 1. The molecule has 0 radical (unpaired) electrons. The van der Waals surface area contributed by atoms with E-state index in [0.29, 0.717) is 16.1 Å². The van der Waals surface area contributed by atoms with Crippen LogP contribution in [0.1, 0.15) is 0 Å². The van der Waals surface area contributed by atoms with Gasteiger partial charge in [-0.3, -0.25) is 0 Å². The molecule has 2 amide bonds. The maximum absolute atomic E-state index is 11.6. The summed E-state index contributed by atoms with van der Waals surface area (Å²) in [6.45, 7) is 0. The highest BCUT2D eigenvalue weighted by Gasteiger charge is 1.98. The number of aromatic nitrogens is 1. The van der Waals surface area contributed by atoms with E-state index in [1.807, 2.05) is 0 Å². The van der Waals surface area contributed by atoms with Crippen LogP contribution in [0.15, 0.2) is 53.8 Å². The molecule has 0 aliphatic rings. The topological polar surface area (TPSA) is 66.6 Å². The van der Waals surface area contributed by atoms with Crippen LogP contribution in [0.3, 0.4) is 0 Å². The summed E-state index contributed by atoms with van der Waals surface area (Å²) < 4.78 is 0.871. The van der Waals surface area contributed by atoms with Gasteiger partial charge in [-0.15, -0.1) is 0 Å². The second-order valence-corrected chi connectivity index (χ2v) is 3.92. The van der Waals surface area contributed by atoms with E-state index in [1.54, 1.807) is 24.3 Å². The van der Waals surface area contributed by atoms with Crippen molar-refractivity contribution in [3.8, 4) is 0 Å². The Morgan fingerprint density at radius 2 is 1.78 bits per heavy atom. The molecule has 18 heavy (non-hydrogen) atoms. The largest absolute Gasteiger partial charge is 0.429 e. The highest BCUT2D eigenvalue weighted by molar-refractivity contribution is 6.30. The van der Waals surface area contributed by atoms with Gasteiger partial charge in [-0.1, -0.05) is 11.6 Å². The quantitative estimate of drug-likeness (QED) is 0.777. The number of halogens is 1. The number of amides is 2. The van der Waals surface area contributed by atoms with E-state index in [1.165, 1.54) is 24.5 Å². The van der Waals surface area contributed by atoms with Crippen LogP contribution in [0.2, 0.25) is 5.02 Å². The molecule has 2 rings (SSSR count). The number of nitrogens with zero attached hydrogens (tertiary/aromatic N) is 2. The predicted molar refractivity (Wildman–Crippen MR) is 67.7 cm³/mol. The lowest BCUT2D eigenvalue weighted by atomic mass is 10.3. The van der Waals surface area contributed by atoms with Gasteiger partial charge in [0.2, 0.25) is 0 Å². The minimum Gasteiger partial charge on any atom is -0.429 e. The molecule has 1 aromatic heterocycles. The van der Waals surface area contributed by atoms with Gasteiger partial charge >= 0.3 is 6.03 Å². The molecule has 0 unspecified atom stereocenters. The number of hydrogen-bond donors (Lipinski definition) is 2. The summed E-state index contributed by atoms with van der Waals surface area (Å²) in [4.78, 5) is 15.4. The summed E-state index contributed by atoms with van der Waals surface area (Å²) in [5, 5.41) is 12.7. The van der Waals surface area contributed by atoms with Crippen molar-refractivity contribution in [3.05, 3.63) is 59.2 Å². The molecule has 1 heterocycles. The minimum absolute atomic E-state index is 0.451. The summed E-state index contributed by atoms with van der Waals surface area (Å²) in [7, 11) is 0. The molecule has 2 aromatic rings. The van der Waals surface area contributed by atoms with Gasteiger partial charge in [-0.05, 0) is 36.4 Å². The fourth-order valence-corrected chi connectivity index (χ4v) is 1.41. The van der Waals surface area contributed by atoms with E-state index < -0.39 is 6.03 Å². The average Bonchev–Trinajstić information content (AvgIpc) is 2.35. The zero-order chi connectivity index (χ0) is 13.0. The first-order valence-electron chi connectivity index (χ1n) is 5.12. The SMILES string of the molecule is O=C(N=c1ccn(O)cc1)Nc1ccc(Cl)cc1. The van der Waals surface area contributed by atoms with E-state index >= 15 is 0 Å². The summed E-state index contributed by atoms with van der Waals surface area (Å²) in [6.07, 6.45) is 2.77. The third kappa shape index (κ3) is 3.36. The molecule has 92 valence electrons. The van der Waals surface area contributed by atoms with E-state index in [9.17, 15) is 4.79 Å². The van der Waals surface area contributed by atoms with Gasteiger partial charge in [0.1, 0.15) is 0 Å². The Kier molecular flexibility index (Phi) is 3.64. The molecular formula is C12H10ClN3O2. The van der Waals surface area contributed by atoms with Crippen molar-refractivity contribution in [2.45, 2.75) is 0 Å². The normalized spacial score (nSPS) is 9.83. The lowest BCUT2D eigenvalue weighted by molar-refractivity contribution is 0.184. The molecule has 6 heteroatoms. The first kappa shape index (κ1) is 12.2. The Morgan fingerprint density at radius 3 is 2.39 bits per heavy atom. The maximum atomic E-state index is 11.6. The van der Waals surface area contributed by atoms with Crippen molar-refractivity contribution in [2.24, 2.45) is 4.99 Å². The number of anilines is 1. The highest BCUT2D eigenvalue weighted by atomic mass is 35.5. The molecule has 5 nitrogen and oxygen atoms in total. The average molecular weight is 264 g/mol. The van der Waals surface area contributed by atoms with Crippen LogP contribution < -0.4 is 10.7 Å². The van der Waals surface area contributed by atoms with Crippen molar-refractivity contribution in [3.63, 3.8) is 0 Å². The van der Waals surface area contributed by atoms with Crippen LogP contribution in [0.4, 0.5) is 10.5 Å². The van der Waals surface area contributed by atoms with Crippen LogP contribution in [0.25, 0.3) is 0 Å². The van der Waals surface area contributed by atoms with Crippen molar-refractivity contribution in [1.82, 2.24) is 4.73 Å². The lowest BCUT2D eigenvalue weighted by Gasteiger charge is -2.00. The van der Waals surface area contributed by atoms with Gasteiger partial charge in [0.05, 0.1) is 5.36 Å². The fraction of sp³-hybridized carbons (Fsp3) is 0.